The number of anilines is 1. The van der Waals surface area contributed by atoms with E-state index in [4.69, 9.17) is 9.47 Å². The summed E-state index contributed by atoms with van der Waals surface area (Å²) in [4.78, 5) is 30.5. The van der Waals surface area contributed by atoms with E-state index in [1.807, 2.05) is 58.8 Å². The molecule has 2 aliphatic rings. The number of ether oxygens (including phenoxy) is 2. The van der Waals surface area contributed by atoms with Crippen LogP contribution in [0, 0.1) is 0 Å². The average Bonchev–Trinajstić information content (AvgIpc) is 2.91. The smallest absolute Gasteiger partial charge is 0.415 e. The van der Waals surface area contributed by atoms with Gasteiger partial charge in [0.1, 0.15) is 11.2 Å². The zero-order valence-electron chi connectivity index (χ0n) is 18.7. The number of rotatable bonds is 1. The van der Waals surface area contributed by atoms with E-state index < -0.39 is 11.2 Å². The first-order valence-electron chi connectivity index (χ1n) is 10.2. The van der Waals surface area contributed by atoms with Crippen molar-refractivity contribution in [2.45, 2.75) is 76.0 Å². The Kier molecular flexibility index (Phi) is 6.41. The molecule has 0 saturated carbocycles. The van der Waals surface area contributed by atoms with Crippen LogP contribution in [0.25, 0.3) is 0 Å². The fourth-order valence-corrected chi connectivity index (χ4v) is 5.32. The molecule has 0 aromatic heterocycles. The van der Waals surface area contributed by atoms with Crippen LogP contribution in [-0.4, -0.2) is 53.7 Å². The summed E-state index contributed by atoms with van der Waals surface area (Å²) in [6.45, 7) is 12.3. The van der Waals surface area contributed by atoms with E-state index in [0.29, 0.717) is 19.5 Å². The molecule has 2 aliphatic heterocycles. The van der Waals surface area contributed by atoms with Gasteiger partial charge in [-0.25, -0.2) is 9.59 Å². The number of hydrogen-bond donors (Lipinski definition) is 0. The lowest BCUT2D eigenvalue weighted by Crippen LogP contribution is -2.51. The zero-order chi connectivity index (χ0) is 22.4. The molecule has 166 valence electrons. The van der Waals surface area contributed by atoms with Gasteiger partial charge in [0.15, 0.2) is 0 Å². The van der Waals surface area contributed by atoms with Crippen molar-refractivity contribution < 1.29 is 19.1 Å². The summed E-state index contributed by atoms with van der Waals surface area (Å²) in [5.74, 6) is 0.0113. The van der Waals surface area contributed by atoms with Gasteiger partial charge in [-0.15, -0.1) is 11.8 Å². The Hall–Kier alpha value is -1.41. The normalized spacial score (nSPS) is 21.2. The number of halogens is 1. The fraction of sp³-hybridized carbons (Fsp3) is 0.636. The van der Waals surface area contributed by atoms with E-state index in [1.54, 1.807) is 16.7 Å². The van der Waals surface area contributed by atoms with Crippen LogP contribution in [0.2, 0.25) is 0 Å². The highest BCUT2D eigenvalue weighted by Crippen LogP contribution is 2.50. The second-order valence-corrected chi connectivity index (χ2v) is 11.5. The second-order valence-electron chi connectivity index (χ2n) is 9.79. The number of hydrogen-bond acceptors (Lipinski definition) is 5. The number of amides is 2. The Morgan fingerprint density at radius 1 is 1.07 bits per heavy atom. The monoisotopic (exact) mass is 498 g/mol. The van der Waals surface area contributed by atoms with Crippen molar-refractivity contribution in [2.75, 3.05) is 24.2 Å². The molecule has 30 heavy (non-hydrogen) atoms. The van der Waals surface area contributed by atoms with Crippen LogP contribution in [0.4, 0.5) is 15.3 Å². The summed E-state index contributed by atoms with van der Waals surface area (Å²) in [6.07, 6.45) is 2.03. The van der Waals surface area contributed by atoms with Crippen molar-refractivity contribution in [3.63, 3.8) is 0 Å². The molecule has 8 heteroatoms. The molecule has 2 atom stereocenters. The fourth-order valence-electron chi connectivity index (χ4n) is 4.04. The van der Waals surface area contributed by atoms with Crippen LogP contribution in [0.15, 0.2) is 21.5 Å². The highest BCUT2D eigenvalue weighted by molar-refractivity contribution is 9.10. The molecule has 2 heterocycles. The van der Waals surface area contributed by atoms with E-state index >= 15 is 0 Å². The zero-order valence-corrected chi connectivity index (χ0v) is 21.1. The van der Waals surface area contributed by atoms with Gasteiger partial charge in [0.05, 0.1) is 11.7 Å². The minimum absolute atomic E-state index is 0.0113. The molecule has 0 aliphatic carbocycles. The molecule has 6 nitrogen and oxygen atoms in total. The van der Waals surface area contributed by atoms with Crippen molar-refractivity contribution in [2.24, 2.45) is 0 Å². The van der Waals surface area contributed by atoms with Crippen LogP contribution >= 0.6 is 27.7 Å². The lowest BCUT2D eigenvalue weighted by molar-refractivity contribution is 0.0185. The molecule has 0 bridgehead atoms. The van der Waals surface area contributed by atoms with E-state index in [0.717, 1.165) is 20.6 Å². The van der Waals surface area contributed by atoms with Gasteiger partial charge in [-0.05, 0) is 71.9 Å². The second kappa shape index (κ2) is 8.26. The van der Waals surface area contributed by atoms with Crippen molar-refractivity contribution in [3.8, 4) is 0 Å². The number of carbonyl (C=O) groups is 2. The van der Waals surface area contributed by atoms with Crippen LogP contribution in [-0.2, 0) is 9.47 Å². The lowest BCUT2D eigenvalue weighted by atomic mass is 9.89. The Morgan fingerprint density at radius 2 is 1.67 bits per heavy atom. The van der Waals surface area contributed by atoms with Gasteiger partial charge in [-0.3, -0.25) is 4.90 Å². The van der Waals surface area contributed by atoms with E-state index in [1.165, 1.54) is 0 Å². The summed E-state index contributed by atoms with van der Waals surface area (Å²) >= 11 is 5.21. The van der Waals surface area contributed by atoms with Crippen molar-refractivity contribution in [3.05, 3.63) is 22.2 Å². The van der Waals surface area contributed by atoms with Gasteiger partial charge in [-0.1, -0.05) is 15.9 Å². The summed E-state index contributed by atoms with van der Waals surface area (Å²) in [6, 6.07) is 4.05. The van der Waals surface area contributed by atoms with Crippen molar-refractivity contribution in [1.82, 2.24) is 4.90 Å². The molecule has 0 spiro atoms. The number of piperidine rings is 1. The first kappa shape index (κ1) is 23.3. The molecule has 3 rings (SSSR count). The molecule has 2 amide bonds. The predicted molar refractivity (Wildman–Crippen MR) is 124 cm³/mol. The highest BCUT2D eigenvalue weighted by atomic mass is 79.9. The van der Waals surface area contributed by atoms with Gasteiger partial charge in [0, 0.05) is 28.4 Å². The average molecular weight is 499 g/mol. The van der Waals surface area contributed by atoms with Crippen LogP contribution in [0.5, 0.6) is 0 Å². The first-order valence-corrected chi connectivity index (χ1v) is 12.2. The van der Waals surface area contributed by atoms with Crippen LogP contribution in [0.1, 0.15) is 59.4 Å². The summed E-state index contributed by atoms with van der Waals surface area (Å²) in [5, 5.41) is 0. The molecule has 1 fully saturated rings. The molecular weight excluding hydrogens is 468 g/mol. The van der Waals surface area contributed by atoms with E-state index in [2.05, 4.69) is 22.0 Å². The maximum Gasteiger partial charge on any atom is 0.415 e. The first-order chi connectivity index (χ1) is 13.8. The number of fused-ring (bicyclic) bond motifs is 3. The number of likely N-dealkylation sites (tertiary alicyclic amines) is 1. The lowest BCUT2D eigenvalue weighted by Gasteiger charge is -2.38. The third kappa shape index (κ3) is 4.90. The SMILES string of the molecule is CSc1cc(Br)cc2c1N(C(=O)OC(C)(C)C)C1CCN(C(=O)OC(C)(C)C)CC21. The molecule has 2 unspecified atom stereocenters. The molecular formula is C22H31BrN2O4S. The van der Waals surface area contributed by atoms with Gasteiger partial charge < -0.3 is 14.4 Å². The van der Waals surface area contributed by atoms with Crippen LogP contribution < -0.4 is 4.90 Å². The van der Waals surface area contributed by atoms with E-state index in [-0.39, 0.29) is 24.1 Å². The number of carbonyl (C=O) groups excluding carboxylic acids is 2. The third-order valence-electron chi connectivity index (χ3n) is 5.08. The quantitative estimate of drug-likeness (QED) is 0.443. The largest absolute Gasteiger partial charge is 0.444 e. The summed E-state index contributed by atoms with van der Waals surface area (Å²) in [5.41, 5.74) is 0.847. The van der Waals surface area contributed by atoms with E-state index in [9.17, 15) is 9.59 Å². The number of nitrogens with zero attached hydrogens (tertiary/aromatic N) is 2. The molecule has 1 aromatic carbocycles. The van der Waals surface area contributed by atoms with Gasteiger partial charge in [0.25, 0.3) is 0 Å². The Labute approximate surface area is 191 Å². The summed E-state index contributed by atoms with van der Waals surface area (Å²) in [7, 11) is 0. The minimum Gasteiger partial charge on any atom is -0.444 e. The summed E-state index contributed by atoms with van der Waals surface area (Å²) < 4.78 is 12.3. The molecule has 1 aromatic rings. The Balaban J connectivity index is 1.98. The number of thioether (sulfide) groups is 1. The maximum absolute atomic E-state index is 13.2. The Bertz CT molecular complexity index is 847. The van der Waals surface area contributed by atoms with Crippen molar-refractivity contribution in [1.29, 1.82) is 0 Å². The minimum atomic E-state index is -0.582. The van der Waals surface area contributed by atoms with Gasteiger partial charge in [0.2, 0.25) is 0 Å². The van der Waals surface area contributed by atoms with Crippen LogP contribution in [0.3, 0.4) is 0 Å². The third-order valence-corrected chi connectivity index (χ3v) is 6.29. The molecule has 0 N–H and O–H groups in total. The maximum atomic E-state index is 13.2. The molecule has 0 radical (unpaired) electrons. The standard InChI is InChI=1S/C22H31BrN2O4S/c1-21(2,3)28-19(26)24-9-8-16-15(12-24)14-10-13(23)11-17(30-7)18(14)25(16)20(27)29-22(4,5)6/h10-11,15-16H,8-9,12H2,1-7H3. The highest BCUT2D eigenvalue weighted by Gasteiger charge is 2.48. The van der Waals surface area contributed by atoms with Gasteiger partial charge >= 0.3 is 12.2 Å². The van der Waals surface area contributed by atoms with Gasteiger partial charge in [-0.2, -0.15) is 0 Å². The predicted octanol–water partition coefficient (Wildman–Crippen LogP) is 6.02. The van der Waals surface area contributed by atoms with Crippen molar-refractivity contribution >= 4 is 45.6 Å². The Morgan fingerprint density at radius 3 is 2.23 bits per heavy atom. The molecule has 1 saturated heterocycles. The topological polar surface area (TPSA) is 59.1 Å². The number of benzene rings is 1.